The molecule has 0 aromatic heterocycles. The first-order valence-corrected chi connectivity index (χ1v) is 12.8. The fourth-order valence-corrected chi connectivity index (χ4v) is 5.56. The summed E-state index contributed by atoms with van der Waals surface area (Å²) in [5.74, 6) is -1.04. The Hall–Kier alpha value is -3.14. The van der Waals surface area contributed by atoms with Gasteiger partial charge in [-0.2, -0.15) is 4.31 Å². The molecule has 0 unspecified atom stereocenters. The quantitative estimate of drug-likeness (QED) is 0.505. The van der Waals surface area contributed by atoms with E-state index in [2.05, 4.69) is 5.32 Å². The molecule has 35 heavy (non-hydrogen) atoms. The van der Waals surface area contributed by atoms with Crippen molar-refractivity contribution in [3.63, 3.8) is 0 Å². The summed E-state index contributed by atoms with van der Waals surface area (Å²) >= 11 is 6.47. The van der Waals surface area contributed by atoms with Gasteiger partial charge in [-0.25, -0.2) is 12.8 Å². The summed E-state index contributed by atoms with van der Waals surface area (Å²) in [6, 6.07) is 17.7. The second-order valence-corrected chi connectivity index (χ2v) is 10.5. The number of sulfonamides is 1. The highest BCUT2D eigenvalue weighted by Gasteiger charge is 2.30. The van der Waals surface area contributed by atoms with Crippen LogP contribution in [0.25, 0.3) is 0 Å². The van der Waals surface area contributed by atoms with Gasteiger partial charge in [-0.1, -0.05) is 47.5 Å². The number of carbonyl (C=O) groups is 1. The molecule has 1 aliphatic rings. The highest BCUT2D eigenvalue weighted by Crippen LogP contribution is 2.35. The number of nitrogens with zero attached hydrogens (tertiary/aromatic N) is 2. The lowest BCUT2D eigenvalue weighted by Crippen LogP contribution is -2.49. The number of anilines is 2. The van der Waals surface area contributed by atoms with Crippen LogP contribution >= 0.6 is 11.6 Å². The molecule has 4 rings (SSSR count). The van der Waals surface area contributed by atoms with Gasteiger partial charge in [-0.3, -0.25) is 4.79 Å². The van der Waals surface area contributed by atoms with Crippen molar-refractivity contribution in [3.05, 3.63) is 83.1 Å². The Bertz CT molecular complexity index is 1310. The summed E-state index contributed by atoms with van der Waals surface area (Å²) in [4.78, 5) is 14.7. The molecule has 7 nitrogen and oxygen atoms in total. The van der Waals surface area contributed by atoms with Gasteiger partial charge < -0.3 is 15.0 Å². The Morgan fingerprint density at radius 3 is 2.37 bits per heavy atom. The summed E-state index contributed by atoms with van der Waals surface area (Å²) < 4.78 is 46.5. The number of rotatable bonds is 7. The smallest absolute Gasteiger partial charge is 0.262 e. The molecular weight excluding hydrogens is 493 g/mol. The van der Waals surface area contributed by atoms with Gasteiger partial charge in [0, 0.05) is 26.2 Å². The van der Waals surface area contributed by atoms with E-state index in [-0.39, 0.29) is 30.3 Å². The van der Waals surface area contributed by atoms with E-state index in [9.17, 15) is 17.6 Å². The third-order valence-electron chi connectivity index (χ3n) is 5.67. The number of hydrogen-bond acceptors (Lipinski definition) is 5. The highest BCUT2D eigenvalue weighted by atomic mass is 35.5. The van der Waals surface area contributed by atoms with Gasteiger partial charge in [-0.05, 0) is 43.3 Å². The summed E-state index contributed by atoms with van der Waals surface area (Å²) in [5, 5.41) is 3.19. The van der Waals surface area contributed by atoms with E-state index in [0.29, 0.717) is 29.5 Å². The molecule has 1 heterocycles. The lowest BCUT2D eigenvalue weighted by Gasteiger charge is -2.36. The van der Waals surface area contributed by atoms with Crippen LogP contribution in [-0.2, 0) is 14.8 Å². The maximum atomic E-state index is 13.7. The van der Waals surface area contributed by atoms with Crippen molar-refractivity contribution in [1.82, 2.24) is 4.31 Å². The summed E-state index contributed by atoms with van der Waals surface area (Å²) in [7, 11) is -3.60. The standard InChI is InChI=1S/C25H25ClFN3O4S/c1-18-9-11-19(12-10-18)35(32,33)30-15-13-29(14-16-30)25-20(26)5-4-7-22(25)28-24(31)17-34-23-8-3-2-6-21(23)27/h2-12H,13-17H2,1H3,(H,28,31). The van der Waals surface area contributed by atoms with Gasteiger partial charge >= 0.3 is 0 Å². The van der Waals surface area contributed by atoms with Crippen molar-refractivity contribution in [2.75, 3.05) is 43.0 Å². The van der Waals surface area contributed by atoms with Crippen molar-refractivity contribution in [3.8, 4) is 5.75 Å². The maximum absolute atomic E-state index is 13.7. The van der Waals surface area contributed by atoms with Crippen molar-refractivity contribution >= 4 is 38.9 Å². The molecule has 10 heteroatoms. The van der Waals surface area contributed by atoms with E-state index in [1.165, 1.54) is 22.5 Å². The Balaban J connectivity index is 1.43. The molecule has 0 spiro atoms. The fraction of sp³-hybridized carbons (Fsp3) is 0.240. The van der Waals surface area contributed by atoms with Gasteiger partial charge in [0.1, 0.15) is 0 Å². The van der Waals surface area contributed by atoms with Crippen LogP contribution in [0.3, 0.4) is 0 Å². The van der Waals surface area contributed by atoms with Crippen molar-refractivity contribution in [2.24, 2.45) is 0 Å². The predicted octanol–water partition coefficient (Wildman–Crippen LogP) is 4.32. The minimum Gasteiger partial charge on any atom is -0.481 e. The average molecular weight is 518 g/mol. The Kier molecular flexibility index (Phi) is 7.59. The largest absolute Gasteiger partial charge is 0.481 e. The molecule has 0 aliphatic carbocycles. The summed E-state index contributed by atoms with van der Waals surface area (Å²) in [5.41, 5.74) is 2.05. The zero-order chi connectivity index (χ0) is 25.0. The second-order valence-electron chi connectivity index (χ2n) is 8.11. The number of halogens is 2. The first-order chi connectivity index (χ1) is 16.8. The zero-order valence-corrected chi connectivity index (χ0v) is 20.7. The number of aryl methyl sites for hydroxylation is 1. The van der Waals surface area contributed by atoms with Gasteiger partial charge in [-0.15, -0.1) is 0 Å². The number of para-hydroxylation sites is 2. The first kappa shape index (κ1) is 25.0. The van der Waals surface area contributed by atoms with Crippen LogP contribution in [0.2, 0.25) is 5.02 Å². The van der Waals surface area contributed by atoms with Crippen molar-refractivity contribution < 1.29 is 22.3 Å². The maximum Gasteiger partial charge on any atom is 0.262 e. The highest BCUT2D eigenvalue weighted by molar-refractivity contribution is 7.89. The van der Waals surface area contributed by atoms with Crippen molar-refractivity contribution in [1.29, 1.82) is 0 Å². The van der Waals surface area contributed by atoms with Gasteiger partial charge in [0.15, 0.2) is 18.2 Å². The molecule has 184 valence electrons. The van der Waals surface area contributed by atoms with E-state index in [0.717, 1.165) is 5.56 Å². The van der Waals surface area contributed by atoms with Gasteiger partial charge in [0.2, 0.25) is 10.0 Å². The minimum atomic E-state index is -3.60. The molecule has 1 aliphatic heterocycles. The van der Waals surface area contributed by atoms with E-state index in [4.69, 9.17) is 16.3 Å². The van der Waals surface area contributed by atoms with Gasteiger partial charge in [0.25, 0.3) is 5.91 Å². The van der Waals surface area contributed by atoms with Crippen LogP contribution in [0, 0.1) is 12.7 Å². The molecule has 1 N–H and O–H groups in total. The van der Waals surface area contributed by atoms with Crippen molar-refractivity contribution in [2.45, 2.75) is 11.8 Å². The second kappa shape index (κ2) is 10.6. The minimum absolute atomic E-state index is 0.0140. The molecule has 1 amide bonds. The number of amides is 1. The average Bonchev–Trinajstić information content (AvgIpc) is 2.84. The number of hydrogen-bond donors (Lipinski definition) is 1. The molecule has 0 atom stereocenters. The molecule has 3 aromatic rings. The zero-order valence-electron chi connectivity index (χ0n) is 19.1. The number of carbonyl (C=O) groups excluding carboxylic acids is 1. The van der Waals surface area contributed by atoms with E-state index in [1.54, 1.807) is 48.5 Å². The van der Waals surface area contributed by atoms with Gasteiger partial charge in [0.05, 0.1) is 21.3 Å². The SMILES string of the molecule is Cc1ccc(S(=O)(=O)N2CCN(c3c(Cl)cccc3NC(=O)COc3ccccc3F)CC2)cc1. The summed E-state index contributed by atoms with van der Waals surface area (Å²) in [6.07, 6.45) is 0. The number of ether oxygens (including phenoxy) is 1. The Morgan fingerprint density at radius 2 is 1.69 bits per heavy atom. The lowest BCUT2D eigenvalue weighted by atomic mass is 10.2. The molecule has 1 fully saturated rings. The van der Waals surface area contributed by atoms with Crippen LogP contribution in [-0.4, -0.2) is 51.4 Å². The monoisotopic (exact) mass is 517 g/mol. The molecular formula is C25H25ClFN3O4S. The molecule has 0 radical (unpaired) electrons. The first-order valence-electron chi connectivity index (χ1n) is 11.0. The molecule has 0 saturated carbocycles. The lowest BCUT2D eigenvalue weighted by molar-refractivity contribution is -0.118. The molecule has 3 aromatic carbocycles. The number of nitrogens with one attached hydrogen (secondary N) is 1. The molecule has 0 bridgehead atoms. The normalized spacial score (nSPS) is 14.5. The summed E-state index contributed by atoms with van der Waals surface area (Å²) in [6.45, 7) is 2.85. The number of benzene rings is 3. The fourth-order valence-electron chi connectivity index (χ4n) is 3.84. The third kappa shape index (κ3) is 5.75. The van der Waals surface area contributed by atoms with Crippen LogP contribution in [0.1, 0.15) is 5.56 Å². The van der Waals surface area contributed by atoms with Crippen LogP contribution in [0.5, 0.6) is 5.75 Å². The van der Waals surface area contributed by atoms with Crippen LogP contribution in [0.15, 0.2) is 71.6 Å². The number of piperazine rings is 1. The Labute approximate surface area is 209 Å². The van der Waals surface area contributed by atoms with E-state index < -0.39 is 21.7 Å². The Morgan fingerprint density at radius 1 is 1.00 bits per heavy atom. The molecule has 1 saturated heterocycles. The van der Waals surface area contributed by atoms with Crippen LogP contribution < -0.4 is 15.0 Å². The predicted molar refractivity (Wildman–Crippen MR) is 134 cm³/mol. The topological polar surface area (TPSA) is 79.0 Å². The van der Waals surface area contributed by atoms with E-state index >= 15 is 0 Å². The third-order valence-corrected chi connectivity index (χ3v) is 7.89. The van der Waals surface area contributed by atoms with E-state index in [1.807, 2.05) is 11.8 Å². The van der Waals surface area contributed by atoms with Crippen LogP contribution in [0.4, 0.5) is 15.8 Å².